The van der Waals surface area contributed by atoms with E-state index in [1.165, 1.54) is 18.7 Å². The molecule has 1 unspecified atom stereocenters. The lowest BCUT2D eigenvalue weighted by Gasteiger charge is -2.49. The Morgan fingerprint density at radius 2 is 1.90 bits per heavy atom. The number of ether oxygens (including phenoxy) is 1. The molecule has 0 saturated carbocycles. The molecule has 1 saturated heterocycles. The van der Waals surface area contributed by atoms with E-state index in [1.54, 1.807) is 24.3 Å². The number of aliphatic carboxylic acids is 1. The quantitative estimate of drug-likeness (QED) is 0.347. The zero-order valence-electron chi connectivity index (χ0n) is 15.9. The fraction of sp³-hybridized carbons (Fsp3) is 0.263. The molecule has 2 aliphatic rings. The number of fused-ring (bicyclic) bond motifs is 1. The molecule has 1 aromatic carbocycles. The summed E-state index contributed by atoms with van der Waals surface area (Å²) < 4.78 is 4.59. The minimum atomic E-state index is -1.32. The number of benzene rings is 1. The average molecular weight is 506 g/mol. The number of hydrogen-bond donors (Lipinski definition) is 2. The van der Waals surface area contributed by atoms with E-state index in [1.807, 2.05) is 0 Å². The van der Waals surface area contributed by atoms with E-state index in [4.69, 9.17) is 39.5 Å². The third kappa shape index (κ3) is 4.85. The summed E-state index contributed by atoms with van der Waals surface area (Å²) in [6.07, 6.45) is 0. The second kappa shape index (κ2) is 9.52. The molecule has 0 aromatic heterocycles. The number of esters is 1. The summed E-state index contributed by atoms with van der Waals surface area (Å²) in [6, 6.07) is 5.25. The summed E-state index contributed by atoms with van der Waals surface area (Å²) in [5.41, 5.74) is 0.408. The van der Waals surface area contributed by atoms with E-state index < -0.39 is 35.2 Å². The number of carbonyl (C=O) groups excluding carboxylic acids is 3. The van der Waals surface area contributed by atoms with Gasteiger partial charge in [0.25, 0.3) is 11.8 Å². The molecule has 31 heavy (non-hydrogen) atoms. The smallest absolute Gasteiger partial charge is 0.352 e. The molecule has 2 atom stereocenters. The maximum atomic E-state index is 12.8. The van der Waals surface area contributed by atoms with Crippen molar-refractivity contribution in [3.63, 3.8) is 0 Å². The highest BCUT2D eigenvalue weighted by Gasteiger charge is 2.54. The van der Waals surface area contributed by atoms with E-state index in [9.17, 15) is 24.3 Å². The molecule has 2 N–H and O–H groups in total. The third-order valence-corrected chi connectivity index (χ3v) is 6.50. The van der Waals surface area contributed by atoms with Gasteiger partial charge in [0.05, 0.1) is 5.57 Å². The standard InChI is InChI=1S/C19H15Cl3N2O6S/c1-8(25)30-6-10-7-31-18-13(17(27)24(18)14(10)19(28)29)23-16(26)12(15(21)22)9-2-4-11(20)5-3-9/h2-5,13,18H,6-7H2,1H3,(H,23,26)(H,28,29)/t13?,18-/m0/s1. The van der Waals surface area contributed by atoms with Crippen LogP contribution in [0.4, 0.5) is 0 Å². The number of carboxylic acids is 1. The van der Waals surface area contributed by atoms with Crippen LogP contribution in [0.2, 0.25) is 5.02 Å². The van der Waals surface area contributed by atoms with Crippen molar-refractivity contribution in [2.45, 2.75) is 18.3 Å². The van der Waals surface area contributed by atoms with Gasteiger partial charge in [-0.1, -0.05) is 46.9 Å². The normalized spacial score (nSPS) is 19.9. The Morgan fingerprint density at radius 3 is 2.45 bits per heavy atom. The predicted molar refractivity (Wildman–Crippen MR) is 116 cm³/mol. The van der Waals surface area contributed by atoms with Gasteiger partial charge in [0.2, 0.25) is 0 Å². The number of carboxylic acid groups (broad SMARTS) is 1. The van der Waals surface area contributed by atoms with Crippen molar-refractivity contribution in [3.8, 4) is 0 Å². The fourth-order valence-corrected chi connectivity index (χ4v) is 4.98. The Kier molecular flexibility index (Phi) is 7.20. The van der Waals surface area contributed by atoms with Crippen LogP contribution < -0.4 is 5.32 Å². The van der Waals surface area contributed by atoms with E-state index in [0.717, 1.165) is 4.90 Å². The first-order valence-electron chi connectivity index (χ1n) is 8.77. The molecule has 0 radical (unpaired) electrons. The zero-order chi connectivity index (χ0) is 22.9. The van der Waals surface area contributed by atoms with Gasteiger partial charge in [-0.2, -0.15) is 0 Å². The lowest BCUT2D eigenvalue weighted by atomic mass is 10.0. The second-order valence-electron chi connectivity index (χ2n) is 6.54. The van der Waals surface area contributed by atoms with E-state index in [-0.39, 0.29) is 28.1 Å². The average Bonchev–Trinajstić information content (AvgIpc) is 2.70. The number of nitrogens with zero attached hydrogens (tertiary/aromatic N) is 1. The third-order valence-electron chi connectivity index (χ3n) is 4.54. The lowest BCUT2D eigenvalue weighted by Crippen LogP contribution is -2.70. The van der Waals surface area contributed by atoms with Crippen molar-refractivity contribution in [1.29, 1.82) is 0 Å². The summed E-state index contributed by atoms with van der Waals surface area (Å²) in [5, 5.41) is 12.0. The van der Waals surface area contributed by atoms with Crippen LogP contribution >= 0.6 is 46.6 Å². The minimum Gasteiger partial charge on any atom is -0.477 e. The molecule has 0 spiro atoms. The van der Waals surface area contributed by atoms with E-state index in [2.05, 4.69) is 5.32 Å². The van der Waals surface area contributed by atoms with Crippen LogP contribution in [0.25, 0.3) is 5.57 Å². The van der Waals surface area contributed by atoms with Gasteiger partial charge >= 0.3 is 11.9 Å². The number of thioether (sulfide) groups is 1. The SMILES string of the molecule is CC(=O)OCC1=C(C(=O)O)N2C(=O)C(NC(=O)C(=C(Cl)Cl)c3ccc(Cl)cc3)[C@@H]2SC1. The predicted octanol–water partition coefficient (Wildman–Crippen LogP) is 2.79. The van der Waals surface area contributed by atoms with E-state index in [0.29, 0.717) is 16.2 Å². The Balaban J connectivity index is 1.80. The molecule has 0 bridgehead atoms. The Hall–Kier alpha value is -2.20. The molecule has 1 aromatic rings. The number of amides is 2. The topological polar surface area (TPSA) is 113 Å². The zero-order valence-corrected chi connectivity index (χ0v) is 18.9. The summed E-state index contributed by atoms with van der Waals surface area (Å²) in [6.45, 7) is 0.969. The molecule has 0 aliphatic carbocycles. The maximum absolute atomic E-state index is 12.8. The van der Waals surface area contributed by atoms with Crippen LogP contribution in [0.3, 0.4) is 0 Å². The first-order valence-corrected chi connectivity index (χ1v) is 11.0. The summed E-state index contributed by atoms with van der Waals surface area (Å²) in [4.78, 5) is 49.4. The molecule has 164 valence electrons. The van der Waals surface area contributed by atoms with Crippen LogP contribution in [0.15, 0.2) is 40.0 Å². The molecule has 8 nitrogen and oxygen atoms in total. The van der Waals surface area contributed by atoms with Gasteiger partial charge in [-0.15, -0.1) is 11.8 Å². The monoisotopic (exact) mass is 504 g/mol. The summed E-state index contributed by atoms with van der Waals surface area (Å²) >= 11 is 18.9. The number of rotatable bonds is 6. The Labute approximate surface area is 196 Å². The van der Waals surface area contributed by atoms with Gasteiger partial charge < -0.3 is 15.2 Å². The van der Waals surface area contributed by atoms with Crippen LogP contribution in [0.5, 0.6) is 0 Å². The highest BCUT2D eigenvalue weighted by Crippen LogP contribution is 2.40. The van der Waals surface area contributed by atoms with Crippen LogP contribution in [-0.4, -0.2) is 57.5 Å². The van der Waals surface area contributed by atoms with Gasteiger partial charge in [-0.25, -0.2) is 4.79 Å². The number of nitrogens with one attached hydrogen (secondary N) is 1. The van der Waals surface area contributed by atoms with E-state index >= 15 is 0 Å². The van der Waals surface area contributed by atoms with Gasteiger partial charge in [0.15, 0.2) is 0 Å². The molecule has 3 rings (SSSR count). The Morgan fingerprint density at radius 1 is 1.26 bits per heavy atom. The number of halogens is 3. The Bertz CT molecular complexity index is 1020. The fourth-order valence-electron chi connectivity index (χ4n) is 3.14. The van der Waals surface area contributed by atoms with Crippen molar-refractivity contribution in [1.82, 2.24) is 10.2 Å². The van der Waals surface area contributed by atoms with Crippen molar-refractivity contribution in [2.75, 3.05) is 12.4 Å². The van der Waals surface area contributed by atoms with Crippen LogP contribution in [-0.2, 0) is 23.9 Å². The summed E-state index contributed by atoms with van der Waals surface area (Å²) in [7, 11) is 0. The highest BCUT2D eigenvalue weighted by molar-refractivity contribution is 8.00. The molecule has 12 heteroatoms. The van der Waals surface area contributed by atoms with Crippen molar-refractivity contribution < 1.29 is 29.0 Å². The van der Waals surface area contributed by atoms with Crippen LogP contribution in [0.1, 0.15) is 12.5 Å². The van der Waals surface area contributed by atoms with Crippen LogP contribution in [0, 0.1) is 0 Å². The molecular weight excluding hydrogens is 491 g/mol. The van der Waals surface area contributed by atoms with Crippen molar-refractivity contribution >= 4 is 75.9 Å². The molecule has 2 heterocycles. The lowest BCUT2D eigenvalue weighted by molar-refractivity contribution is -0.150. The van der Waals surface area contributed by atoms with Gasteiger partial charge in [0, 0.05) is 23.3 Å². The highest BCUT2D eigenvalue weighted by atomic mass is 35.5. The van der Waals surface area contributed by atoms with Gasteiger partial charge in [-0.05, 0) is 17.7 Å². The largest absolute Gasteiger partial charge is 0.477 e. The number of carbonyl (C=O) groups is 4. The van der Waals surface area contributed by atoms with Crippen molar-refractivity contribution in [2.24, 2.45) is 0 Å². The first-order chi connectivity index (χ1) is 14.6. The summed E-state index contributed by atoms with van der Waals surface area (Å²) in [5.74, 6) is -2.97. The number of hydrogen-bond acceptors (Lipinski definition) is 6. The molecule has 1 fully saturated rings. The molecule has 2 amide bonds. The minimum absolute atomic E-state index is 0.0448. The van der Waals surface area contributed by atoms with Gasteiger partial charge in [-0.3, -0.25) is 19.3 Å². The molecule has 2 aliphatic heterocycles. The second-order valence-corrected chi connectivity index (χ2v) is 9.03. The number of β-lactam (4-membered cyclic amide) rings is 1. The van der Waals surface area contributed by atoms with Gasteiger partial charge in [0.1, 0.15) is 28.2 Å². The van der Waals surface area contributed by atoms with Crippen molar-refractivity contribution in [3.05, 3.63) is 50.6 Å². The first kappa shape index (κ1) is 23.5. The molecular formula is C19H15Cl3N2O6S. The maximum Gasteiger partial charge on any atom is 0.352 e.